The highest BCUT2D eigenvalue weighted by atomic mass is 16.6. The monoisotopic (exact) mass is 450 g/mol. The number of para-hydroxylation sites is 2. The van der Waals surface area contributed by atoms with Crippen molar-refractivity contribution in [3.8, 4) is 0 Å². The molecule has 0 spiro atoms. The highest BCUT2D eigenvalue weighted by Gasteiger charge is 2.13. The molecule has 0 aliphatic rings. The first-order valence-electron chi connectivity index (χ1n) is 10.4. The minimum atomic E-state index is -0.461. The average Bonchev–Trinajstić information content (AvgIpc) is 3.25. The van der Waals surface area contributed by atoms with E-state index < -0.39 is 4.92 Å². The fourth-order valence-electron chi connectivity index (χ4n) is 3.64. The summed E-state index contributed by atoms with van der Waals surface area (Å²) in [6, 6.07) is 20.8. The Balaban J connectivity index is 1.36. The maximum absolute atomic E-state index is 12.5. The summed E-state index contributed by atoms with van der Waals surface area (Å²) in [7, 11) is 0. The van der Waals surface area contributed by atoms with E-state index in [0.717, 1.165) is 22.5 Å². The number of aromatic nitrogens is 4. The molecule has 0 atom stereocenters. The summed E-state index contributed by atoms with van der Waals surface area (Å²) in [4.78, 5) is 27.5. The number of aryl methyl sites for hydroxylation is 1. The number of allylic oxidation sites excluding steroid dienone is 1. The van der Waals surface area contributed by atoms with Crippen molar-refractivity contribution in [2.75, 3.05) is 5.32 Å². The molecule has 2 heterocycles. The van der Waals surface area contributed by atoms with E-state index >= 15 is 0 Å². The molecule has 9 heteroatoms. The summed E-state index contributed by atoms with van der Waals surface area (Å²) in [5, 5.41) is 22.5. The first kappa shape index (κ1) is 21.0. The molecule has 34 heavy (non-hydrogen) atoms. The van der Waals surface area contributed by atoms with Crippen LogP contribution in [0, 0.1) is 17.0 Å². The number of fused-ring (bicyclic) bond motifs is 3. The van der Waals surface area contributed by atoms with E-state index in [0.29, 0.717) is 22.6 Å². The van der Waals surface area contributed by atoms with E-state index in [9.17, 15) is 14.9 Å². The van der Waals surface area contributed by atoms with Gasteiger partial charge in [-0.1, -0.05) is 18.2 Å². The molecule has 1 N–H and O–H groups in total. The van der Waals surface area contributed by atoms with Crippen LogP contribution in [0.2, 0.25) is 0 Å². The predicted molar refractivity (Wildman–Crippen MR) is 129 cm³/mol. The van der Waals surface area contributed by atoms with Crippen LogP contribution < -0.4 is 5.32 Å². The number of anilines is 2. The van der Waals surface area contributed by atoms with Gasteiger partial charge < -0.3 is 5.32 Å². The molecule has 0 saturated heterocycles. The Morgan fingerprint density at radius 3 is 2.47 bits per heavy atom. The minimum absolute atomic E-state index is 0.00559. The topological polar surface area (TPSA) is 115 Å². The third-order valence-corrected chi connectivity index (χ3v) is 5.35. The lowest BCUT2D eigenvalue weighted by Crippen LogP contribution is -2.01. The molecule has 0 fully saturated rings. The summed E-state index contributed by atoms with van der Waals surface area (Å²) in [6.07, 6.45) is 3.07. The van der Waals surface area contributed by atoms with Crippen molar-refractivity contribution in [1.82, 2.24) is 19.6 Å². The summed E-state index contributed by atoms with van der Waals surface area (Å²) in [5.41, 5.74) is 4.32. The van der Waals surface area contributed by atoms with E-state index in [1.807, 2.05) is 35.6 Å². The van der Waals surface area contributed by atoms with Gasteiger partial charge in [-0.25, -0.2) is 4.98 Å². The Morgan fingerprint density at radius 1 is 1.00 bits per heavy atom. The lowest BCUT2D eigenvalue weighted by molar-refractivity contribution is -0.384. The second-order valence-electron chi connectivity index (χ2n) is 7.60. The van der Waals surface area contributed by atoms with E-state index in [4.69, 9.17) is 4.98 Å². The number of rotatable bonds is 6. The smallest absolute Gasteiger partial charge is 0.269 e. The number of non-ortho nitro benzene ring substituents is 1. The fourth-order valence-corrected chi connectivity index (χ4v) is 3.64. The zero-order chi connectivity index (χ0) is 23.7. The molecule has 5 rings (SSSR count). The number of nitrogens with zero attached hydrogens (tertiary/aromatic N) is 5. The maximum atomic E-state index is 12.5. The molecule has 2 aromatic heterocycles. The van der Waals surface area contributed by atoms with Gasteiger partial charge in [0.25, 0.3) is 5.69 Å². The first-order chi connectivity index (χ1) is 16.5. The lowest BCUT2D eigenvalue weighted by Gasteiger charge is -2.10. The number of nitro benzene ring substituents is 1. The number of ketones is 1. The molecule has 0 aliphatic carbocycles. The van der Waals surface area contributed by atoms with Crippen molar-refractivity contribution in [2.45, 2.75) is 6.92 Å². The molecular formula is C25H18N6O3. The zero-order valence-corrected chi connectivity index (χ0v) is 18.0. The van der Waals surface area contributed by atoms with Gasteiger partial charge >= 0.3 is 0 Å². The van der Waals surface area contributed by atoms with Gasteiger partial charge in [0.05, 0.1) is 16.0 Å². The molecule has 9 nitrogen and oxygen atoms in total. The van der Waals surface area contributed by atoms with Crippen LogP contribution in [0.15, 0.2) is 78.9 Å². The maximum Gasteiger partial charge on any atom is 0.269 e. The Bertz CT molecular complexity index is 1570. The summed E-state index contributed by atoms with van der Waals surface area (Å²) >= 11 is 0. The minimum Gasteiger partial charge on any atom is -0.337 e. The molecule has 166 valence electrons. The Labute approximate surface area is 193 Å². The highest BCUT2D eigenvalue weighted by molar-refractivity contribution is 6.07. The molecule has 0 bridgehead atoms. The molecule has 0 amide bonds. The van der Waals surface area contributed by atoms with E-state index in [2.05, 4.69) is 15.5 Å². The molecule has 0 radical (unpaired) electrons. The van der Waals surface area contributed by atoms with Crippen LogP contribution in [0.3, 0.4) is 0 Å². The van der Waals surface area contributed by atoms with Crippen molar-refractivity contribution in [2.24, 2.45) is 0 Å². The van der Waals surface area contributed by atoms with Gasteiger partial charge in [-0.05, 0) is 67.1 Å². The molecule has 0 saturated carbocycles. The number of carbonyl (C=O) groups excluding carboxylic acids is 1. The van der Waals surface area contributed by atoms with E-state index in [1.165, 1.54) is 18.2 Å². The van der Waals surface area contributed by atoms with Crippen molar-refractivity contribution in [3.05, 3.63) is 106 Å². The van der Waals surface area contributed by atoms with Gasteiger partial charge in [0.15, 0.2) is 11.6 Å². The SMILES string of the molecule is Cc1nnc2c(Nc3ccc(C(=O)/C=C/c4ccc([N+](=O)[O-])cc4)cc3)nc3ccccc3n12. The summed E-state index contributed by atoms with van der Waals surface area (Å²) in [6.45, 7) is 1.89. The molecule has 5 aromatic rings. The van der Waals surface area contributed by atoms with Crippen LogP contribution in [0.25, 0.3) is 22.8 Å². The quantitative estimate of drug-likeness (QED) is 0.165. The van der Waals surface area contributed by atoms with Crippen LogP contribution in [-0.2, 0) is 0 Å². The van der Waals surface area contributed by atoms with Gasteiger partial charge in [0.2, 0.25) is 5.65 Å². The first-order valence-corrected chi connectivity index (χ1v) is 10.4. The van der Waals surface area contributed by atoms with Crippen LogP contribution in [-0.4, -0.2) is 30.3 Å². The zero-order valence-electron chi connectivity index (χ0n) is 18.0. The van der Waals surface area contributed by atoms with Crippen LogP contribution >= 0.6 is 0 Å². The summed E-state index contributed by atoms with van der Waals surface area (Å²) < 4.78 is 1.95. The number of hydrogen-bond acceptors (Lipinski definition) is 7. The van der Waals surface area contributed by atoms with E-state index in [1.54, 1.807) is 42.5 Å². The van der Waals surface area contributed by atoms with Crippen LogP contribution in [0.4, 0.5) is 17.2 Å². The van der Waals surface area contributed by atoms with Crippen molar-refractivity contribution in [3.63, 3.8) is 0 Å². The predicted octanol–water partition coefficient (Wildman–Crippen LogP) is 5.13. The van der Waals surface area contributed by atoms with Crippen molar-refractivity contribution in [1.29, 1.82) is 0 Å². The highest BCUT2D eigenvalue weighted by Crippen LogP contribution is 2.24. The second kappa shape index (κ2) is 8.55. The number of carbonyl (C=O) groups is 1. The Kier molecular flexibility index (Phi) is 5.27. The number of nitrogens with one attached hydrogen (secondary N) is 1. The third kappa shape index (κ3) is 3.97. The molecule has 0 unspecified atom stereocenters. The van der Waals surface area contributed by atoms with Gasteiger partial charge in [-0.3, -0.25) is 19.3 Å². The second-order valence-corrected chi connectivity index (χ2v) is 7.60. The average molecular weight is 450 g/mol. The van der Waals surface area contributed by atoms with Crippen molar-refractivity contribution < 1.29 is 9.72 Å². The van der Waals surface area contributed by atoms with Crippen LogP contribution in [0.5, 0.6) is 0 Å². The third-order valence-electron chi connectivity index (χ3n) is 5.35. The van der Waals surface area contributed by atoms with Gasteiger partial charge in [0.1, 0.15) is 5.82 Å². The van der Waals surface area contributed by atoms with Crippen LogP contribution in [0.1, 0.15) is 21.7 Å². The Morgan fingerprint density at radius 2 is 1.74 bits per heavy atom. The van der Waals surface area contributed by atoms with Gasteiger partial charge in [-0.2, -0.15) is 0 Å². The molecular weight excluding hydrogens is 432 g/mol. The summed E-state index contributed by atoms with van der Waals surface area (Å²) in [5.74, 6) is 1.15. The normalized spacial score (nSPS) is 11.3. The number of hydrogen-bond donors (Lipinski definition) is 1. The lowest BCUT2D eigenvalue weighted by atomic mass is 10.1. The number of nitro groups is 1. The van der Waals surface area contributed by atoms with Gasteiger partial charge in [0, 0.05) is 23.4 Å². The Hall–Kier alpha value is -4.92. The standard InChI is InChI=1S/C25H18N6O3/c1-16-28-29-25-24(27-21-4-2-3-5-22(21)30(16)25)26-19-11-9-18(10-12-19)23(32)15-8-17-6-13-20(14-7-17)31(33)34/h2-15H,1H3,(H,26,27)/b15-8+. The number of benzene rings is 3. The van der Waals surface area contributed by atoms with E-state index in [-0.39, 0.29) is 11.5 Å². The van der Waals surface area contributed by atoms with Gasteiger partial charge in [-0.15, -0.1) is 10.2 Å². The molecule has 3 aromatic carbocycles. The molecule has 0 aliphatic heterocycles. The van der Waals surface area contributed by atoms with Crippen molar-refractivity contribution >= 4 is 45.7 Å². The largest absolute Gasteiger partial charge is 0.337 e. The fraction of sp³-hybridized carbons (Fsp3) is 0.0400.